The Balaban J connectivity index is 1.87. The summed E-state index contributed by atoms with van der Waals surface area (Å²) in [6.45, 7) is 2.26. The van der Waals surface area contributed by atoms with Gasteiger partial charge in [-0.25, -0.2) is 0 Å². The number of ether oxygens (including phenoxy) is 1. The lowest BCUT2D eigenvalue weighted by molar-refractivity contribution is -0.137. The molecule has 0 radical (unpaired) electrons. The van der Waals surface area contributed by atoms with Crippen LogP contribution in [0.2, 0.25) is 0 Å². The Kier molecular flexibility index (Phi) is 4.35. The van der Waals surface area contributed by atoms with Gasteiger partial charge in [-0.1, -0.05) is 12.1 Å². The first kappa shape index (κ1) is 16.8. The highest BCUT2D eigenvalue weighted by Gasteiger charge is 2.34. The first-order chi connectivity index (χ1) is 11.9. The van der Waals surface area contributed by atoms with Crippen molar-refractivity contribution >= 4 is 22.6 Å². The van der Waals surface area contributed by atoms with Gasteiger partial charge in [0.25, 0.3) is 11.9 Å². The van der Waals surface area contributed by atoms with Gasteiger partial charge in [-0.2, -0.15) is 18.2 Å². The maximum Gasteiger partial charge on any atom is 0.417 e. The Hall–Kier alpha value is -3.03. The number of H-pyrrole nitrogens is 1. The van der Waals surface area contributed by atoms with Gasteiger partial charge in [0.15, 0.2) is 0 Å². The highest BCUT2D eigenvalue weighted by atomic mass is 19.4. The molecule has 0 spiro atoms. The van der Waals surface area contributed by atoms with Crippen LogP contribution >= 0.6 is 0 Å². The molecule has 8 heteroatoms. The molecule has 25 heavy (non-hydrogen) atoms. The Morgan fingerprint density at radius 1 is 1.24 bits per heavy atom. The zero-order valence-electron chi connectivity index (χ0n) is 13.1. The number of hydrogen-bond donors (Lipinski definition) is 2. The lowest BCUT2D eigenvalue weighted by Gasteiger charge is -2.12. The third-order valence-electron chi connectivity index (χ3n) is 3.48. The minimum atomic E-state index is -4.60. The van der Waals surface area contributed by atoms with Gasteiger partial charge in [-0.3, -0.25) is 4.79 Å². The average Bonchev–Trinajstić information content (AvgIpc) is 2.96. The summed E-state index contributed by atoms with van der Waals surface area (Å²) in [5, 5.41) is 2.48. The molecule has 1 aromatic heterocycles. The van der Waals surface area contributed by atoms with Crippen molar-refractivity contribution in [2.24, 2.45) is 0 Å². The Morgan fingerprint density at radius 2 is 2.00 bits per heavy atom. The molecule has 0 atom stereocenters. The number of nitrogens with zero attached hydrogens (tertiary/aromatic N) is 1. The van der Waals surface area contributed by atoms with Crippen LogP contribution in [0.25, 0.3) is 11.0 Å². The van der Waals surface area contributed by atoms with Crippen LogP contribution in [0, 0.1) is 0 Å². The van der Waals surface area contributed by atoms with Gasteiger partial charge >= 0.3 is 6.18 Å². The predicted molar refractivity (Wildman–Crippen MR) is 86.7 cm³/mol. The number of imidazole rings is 1. The van der Waals surface area contributed by atoms with Crippen molar-refractivity contribution in [1.29, 1.82) is 0 Å². The molecule has 0 saturated carbocycles. The van der Waals surface area contributed by atoms with E-state index >= 15 is 0 Å². The highest BCUT2D eigenvalue weighted by molar-refractivity contribution is 6.06. The number of fused-ring (bicyclic) bond motifs is 1. The zero-order chi connectivity index (χ0) is 18.0. The number of aromatic nitrogens is 2. The van der Waals surface area contributed by atoms with Gasteiger partial charge in [0.2, 0.25) is 0 Å². The van der Waals surface area contributed by atoms with Gasteiger partial charge in [-0.05, 0) is 37.3 Å². The standard InChI is InChI=1S/C17H14F3N3O2/c1-2-25-16-22-13-8-7-10(9-14(13)23-16)21-15(24)11-5-3-4-6-12(11)17(18,19)20/h3-9H,2H2,1H3,(H,21,24)(H,22,23). The van der Waals surface area contributed by atoms with Crippen molar-refractivity contribution in [2.45, 2.75) is 13.1 Å². The van der Waals surface area contributed by atoms with Crippen LogP contribution in [-0.2, 0) is 6.18 Å². The first-order valence-corrected chi connectivity index (χ1v) is 7.48. The van der Waals surface area contributed by atoms with E-state index in [1.165, 1.54) is 12.1 Å². The number of halogens is 3. The van der Waals surface area contributed by atoms with E-state index in [-0.39, 0.29) is 0 Å². The summed E-state index contributed by atoms with van der Waals surface area (Å²) in [4.78, 5) is 19.4. The zero-order valence-corrected chi connectivity index (χ0v) is 13.1. The molecule has 2 N–H and O–H groups in total. The first-order valence-electron chi connectivity index (χ1n) is 7.48. The summed E-state index contributed by atoms with van der Waals surface area (Å²) in [6.07, 6.45) is -4.60. The van der Waals surface area contributed by atoms with Crippen molar-refractivity contribution in [2.75, 3.05) is 11.9 Å². The average molecular weight is 349 g/mol. The molecule has 1 heterocycles. The third-order valence-corrected chi connectivity index (χ3v) is 3.48. The second-order valence-corrected chi connectivity index (χ2v) is 5.20. The number of benzene rings is 2. The molecule has 0 unspecified atom stereocenters. The van der Waals surface area contributed by atoms with Gasteiger partial charge in [-0.15, -0.1) is 0 Å². The second kappa shape index (κ2) is 6.46. The summed E-state index contributed by atoms with van der Waals surface area (Å²) in [5.41, 5.74) is 0.159. The molecule has 2 aromatic carbocycles. The molecule has 5 nitrogen and oxygen atoms in total. The van der Waals surface area contributed by atoms with Gasteiger partial charge < -0.3 is 15.0 Å². The van der Waals surface area contributed by atoms with Crippen molar-refractivity contribution in [3.05, 3.63) is 53.6 Å². The van der Waals surface area contributed by atoms with Crippen LogP contribution in [-0.4, -0.2) is 22.5 Å². The normalized spacial score (nSPS) is 11.5. The van der Waals surface area contributed by atoms with Crippen LogP contribution in [0.4, 0.5) is 18.9 Å². The largest absolute Gasteiger partial charge is 0.465 e. The number of carbonyl (C=O) groups is 1. The number of aromatic amines is 1. The van der Waals surface area contributed by atoms with E-state index in [1.54, 1.807) is 18.2 Å². The molecule has 0 aliphatic rings. The minimum Gasteiger partial charge on any atom is -0.465 e. The molecule has 0 bridgehead atoms. The lowest BCUT2D eigenvalue weighted by atomic mass is 10.1. The number of nitrogens with one attached hydrogen (secondary N) is 2. The third kappa shape index (κ3) is 3.57. The van der Waals surface area contributed by atoms with E-state index in [9.17, 15) is 18.0 Å². The molecule has 0 saturated heterocycles. The maximum atomic E-state index is 13.0. The van der Waals surface area contributed by atoms with Crippen molar-refractivity contribution < 1.29 is 22.7 Å². The van der Waals surface area contributed by atoms with Gasteiger partial charge in [0.05, 0.1) is 28.8 Å². The quantitative estimate of drug-likeness (QED) is 0.741. The fourth-order valence-corrected chi connectivity index (χ4v) is 2.40. The fourth-order valence-electron chi connectivity index (χ4n) is 2.40. The van der Waals surface area contributed by atoms with E-state index in [4.69, 9.17) is 4.74 Å². The monoisotopic (exact) mass is 349 g/mol. The number of alkyl halides is 3. The van der Waals surface area contributed by atoms with Crippen molar-refractivity contribution in [3.63, 3.8) is 0 Å². The van der Waals surface area contributed by atoms with Crippen LogP contribution in [0.5, 0.6) is 6.01 Å². The molecule has 0 aliphatic heterocycles. The van der Waals surface area contributed by atoms with E-state index < -0.39 is 23.2 Å². The van der Waals surface area contributed by atoms with Crippen molar-refractivity contribution in [3.8, 4) is 6.01 Å². The highest BCUT2D eigenvalue weighted by Crippen LogP contribution is 2.32. The summed E-state index contributed by atoms with van der Waals surface area (Å²) in [7, 11) is 0. The van der Waals surface area contributed by atoms with Gasteiger partial charge in [0, 0.05) is 5.69 Å². The number of amides is 1. The van der Waals surface area contributed by atoms with E-state index in [1.807, 2.05) is 6.92 Å². The fraction of sp³-hybridized carbons (Fsp3) is 0.176. The van der Waals surface area contributed by atoms with E-state index in [0.29, 0.717) is 29.3 Å². The number of anilines is 1. The van der Waals surface area contributed by atoms with E-state index in [0.717, 1.165) is 12.1 Å². The predicted octanol–water partition coefficient (Wildman–Crippen LogP) is 4.23. The Morgan fingerprint density at radius 3 is 2.72 bits per heavy atom. The summed E-state index contributed by atoms with van der Waals surface area (Å²) >= 11 is 0. The Bertz CT molecular complexity index is 919. The van der Waals surface area contributed by atoms with Crippen LogP contribution in [0.3, 0.4) is 0 Å². The molecule has 3 rings (SSSR count). The van der Waals surface area contributed by atoms with E-state index in [2.05, 4.69) is 15.3 Å². The molecule has 0 aliphatic carbocycles. The lowest BCUT2D eigenvalue weighted by Crippen LogP contribution is -2.18. The number of carbonyl (C=O) groups excluding carboxylic acids is 1. The van der Waals surface area contributed by atoms with Gasteiger partial charge in [0.1, 0.15) is 0 Å². The molecular weight excluding hydrogens is 335 g/mol. The van der Waals surface area contributed by atoms with Crippen LogP contribution < -0.4 is 10.1 Å². The van der Waals surface area contributed by atoms with Crippen LogP contribution in [0.1, 0.15) is 22.8 Å². The second-order valence-electron chi connectivity index (χ2n) is 5.20. The summed E-state index contributed by atoms with van der Waals surface area (Å²) in [6, 6.07) is 9.76. The molecule has 3 aromatic rings. The minimum absolute atomic E-state index is 0.336. The number of rotatable bonds is 4. The summed E-state index contributed by atoms with van der Waals surface area (Å²) in [5.74, 6) is -0.836. The molecular formula is C17H14F3N3O2. The topological polar surface area (TPSA) is 67.0 Å². The summed E-state index contributed by atoms with van der Waals surface area (Å²) < 4.78 is 44.3. The smallest absolute Gasteiger partial charge is 0.417 e. The SMILES string of the molecule is CCOc1nc2ccc(NC(=O)c3ccccc3C(F)(F)F)cc2[nH]1. The molecule has 130 valence electrons. The van der Waals surface area contributed by atoms with Crippen molar-refractivity contribution in [1.82, 2.24) is 9.97 Å². The number of hydrogen-bond acceptors (Lipinski definition) is 3. The maximum absolute atomic E-state index is 13.0. The van der Waals surface area contributed by atoms with Crippen LogP contribution in [0.15, 0.2) is 42.5 Å². The Labute approximate surface area is 140 Å². The molecule has 0 fully saturated rings. The molecule has 1 amide bonds.